The van der Waals surface area contributed by atoms with Crippen LogP contribution in [0.4, 0.5) is 0 Å². The summed E-state index contributed by atoms with van der Waals surface area (Å²) in [5, 5.41) is 0. The Morgan fingerprint density at radius 2 is 2.46 bits per heavy atom. The molecule has 70 valence electrons. The van der Waals surface area contributed by atoms with Crippen molar-refractivity contribution >= 4 is 5.97 Å². The van der Waals surface area contributed by atoms with Gasteiger partial charge < -0.3 is 4.74 Å². The quantitative estimate of drug-likeness (QED) is 0.479. The fraction of sp³-hybridized carbons (Fsp3) is 0.364. The van der Waals surface area contributed by atoms with Crippen molar-refractivity contribution in [1.82, 2.24) is 0 Å². The van der Waals surface area contributed by atoms with Crippen LogP contribution in [-0.4, -0.2) is 13.1 Å². The smallest absolute Gasteiger partial charge is 0.330 e. The Hall–Kier alpha value is -1.31. The van der Waals surface area contributed by atoms with Gasteiger partial charge in [-0.15, -0.1) is 0 Å². The average molecular weight is 178 g/mol. The maximum atomic E-state index is 10.8. The minimum absolute atomic E-state index is 0.303. The maximum Gasteiger partial charge on any atom is 0.330 e. The molecule has 0 N–H and O–H groups in total. The van der Waals surface area contributed by atoms with Gasteiger partial charge >= 0.3 is 5.97 Å². The van der Waals surface area contributed by atoms with Crippen LogP contribution in [0.3, 0.4) is 0 Å². The molecular weight excluding hydrogens is 164 g/mol. The molecule has 0 heterocycles. The number of hydrogen-bond donors (Lipinski definition) is 0. The Morgan fingerprint density at radius 3 is 3.08 bits per heavy atom. The highest BCUT2D eigenvalue weighted by Crippen LogP contribution is 2.18. The van der Waals surface area contributed by atoms with Crippen LogP contribution in [0.5, 0.6) is 0 Å². The lowest BCUT2D eigenvalue weighted by Crippen LogP contribution is -1.97. The van der Waals surface area contributed by atoms with E-state index in [-0.39, 0.29) is 5.97 Å². The molecule has 0 bridgehead atoms. The zero-order valence-corrected chi connectivity index (χ0v) is 7.99. The van der Waals surface area contributed by atoms with Crippen LogP contribution in [0, 0.1) is 5.92 Å². The van der Waals surface area contributed by atoms with Crippen LogP contribution < -0.4 is 0 Å². The van der Waals surface area contributed by atoms with Gasteiger partial charge in [-0.3, -0.25) is 0 Å². The minimum atomic E-state index is -0.303. The summed E-state index contributed by atoms with van der Waals surface area (Å²) < 4.78 is 4.50. The molecule has 13 heavy (non-hydrogen) atoms. The van der Waals surface area contributed by atoms with Crippen molar-refractivity contribution in [3.8, 4) is 0 Å². The van der Waals surface area contributed by atoms with Gasteiger partial charge in [0.2, 0.25) is 0 Å². The molecule has 1 atom stereocenters. The largest absolute Gasteiger partial charge is 0.466 e. The van der Waals surface area contributed by atoms with Gasteiger partial charge in [-0.1, -0.05) is 31.2 Å². The molecule has 0 fully saturated rings. The summed E-state index contributed by atoms with van der Waals surface area (Å²) in [7, 11) is 1.38. The molecule has 0 amide bonds. The van der Waals surface area contributed by atoms with Crippen molar-refractivity contribution in [1.29, 1.82) is 0 Å². The number of ether oxygens (including phenoxy) is 1. The van der Waals surface area contributed by atoms with Crippen molar-refractivity contribution in [2.45, 2.75) is 13.3 Å². The van der Waals surface area contributed by atoms with E-state index in [0.717, 1.165) is 6.42 Å². The third-order valence-corrected chi connectivity index (χ3v) is 1.94. The molecule has 0 aromatic carbocycles. The number of esters is 1. The zero-order chi connectivity index (χ0) is 9.68. The number of allylic oxidation sites excluding steroid dienone is 5. The van der Waals surface area contributed by atoms with Gasteiger partial charge in [0.25, 0.3) is 0 Å². The van der Waals surface area contributed by atoms with Crippen molar-refractivity contribution in [2.24, 2.45) is 5.92 Å². The monoisotopic (exact) mass is 178 g/mol. The van der Waals surface area contributed by atoms with E-state index in [2.05, 4.69) is 17.7 Å². The van der Waals surface area contributed by atoms with Crippen molar-refractivity contribution in [3.05, 3.63) is 36.0 Å². The second-order valence-electron chi connectivity index (χ2n) is 3.16. The summed E-state index contributed by atoms with van der Waals surface area (Å²) in [6, 6.07) is 0. The van der Waals surface area contributed by atoms with Gasteiger partial charge in [0.1, 0.15) is 0 Å². The predicted molar refractivity (Wildman–Crippen MR) is 52.2 cm³/mol. The van der Waals surface area contributed by atoms with Gasteiger partial charge in [-0.2, -0.15) is 0 Å². The Labute approximate surface area is 78.6 Å². The van der Waals surface area contributed by atoms with Crippen LogP contribution in [0.25, 0.3) is 0 Å². The molecular formula is C11H14O2. The molecule has 2 heteroatoms. The van der Waals surface area contributed by atoms with Crippen LogP contribution in [0.1, 0.15) is 13.3 Å². The highest BCUT2D eigenvalue weighted by Gasteiger charge is 2.03. The van der Waals surface area contributed by atoms with Crippen LogP contribution >= 0.6 is 0 Å². The molecule has 0 radical (unpaired) electrons. The van der Waals surface area contributed by atoms with Crippen molar-refractivity contribution in [2.75, 3.05) is 7.11 Å². The molecule has 0 aliphatic heterocycles. The van der Waals surface area contributed by atoms with Crippen LogP contribution in [0.2, 0.25) is 0 Å². The number of methoxy groups -OCH3 is 1. The van der Waals surface area contributed by atoms with Gasteiger partial charge in [0.05, 0.1) is 7.11 Å². The molecule has 1 rings (SSSR count). The normalized spacial score (nSPS) is 21.7. The molecule has 1 unspecified atom stereocenters. The lowest BCUT2D eigenvalue weighted by Gasteiger charge is -2.10. The van der Waals surface area contributed by atoms with E-state index >= 15 is 0 Å². The summed E-state index contributed by atoms with van der Waals surface area (Å²) in [4.78, 5) is 10.8. The summed E-state index contributed by atoms with van der Waals surface area (Å²) in [6.07, 6.45) is 10.4. The first kappa shape index (κ1) is 9.78. The predicted octanol–water partition coefficient (Wildman–Crippen LogP) is 2.24. The molecule has 0 spiro atoms. The van der Waals surface area contributed by atoms with E-state index in [0.29, 0.717) is 5.92 Å². The topological polar surface area (TPSA) is 26.3 Å². The van der Waals surface area contributed by atoms with E-state index in [1.165, 1.54) is 18.8 Å². The Balaban J connectivity index is 2.54. The van der Waals surface area contributed by atoms with Gasteiger partial charge in [0, 0.05) is 6.08 Å². The molecule has 1 aliphatic carbocycles. The molecule has 0 saturated carbocycles. The highest BCUT2D eigenvalue weighted by atomic mass is 16.5. The zero-order valence-electron chi connectivity index (χ0n) is 7.99. The summed E-state index contributed by atoms with van der Waals surface area (Å²) in [5.74, 6) is 0.255. The third-order valence-electron chi connectivity index (χ3n) is 1.94. The lowest BCUT2D eigenvalue weighted by atomic mass is 9.96. The third kappa shape index (κ3) is 3.28. The highest BCUT2D eigenvalue weighted by molar-refractivity contribution is 5.82. The molecule has 1 aliphatic rings. The second kappa shape index (κ2) is 4.65. The fourth-order valence-corrected chi connectivity index (χ4v) is 1.24. The summed E-state index contributed by atoms with van der Waals surface area (Å²) in [5.41, 5.74) is 1.17. The molecule has 0 saturated heterocycles. The van der Waals surface area contributed by atoms with Crippen LogP contribution in [0.15, 0.2) is 36.0 Å². The summed E-state index contributed by atoms with van der Waals surface area (Å²) in [6.45, 7) is 2.15. The first-order valence-corrected chi connectivity index (χ1v) is 4.36. The SMILES string of the molecule is COC(=O)/C=C/C1=CC=CC(C)C1. The Morgan fingerprint density at radius 1 is 1.69 bits per heavy atom. The Kier molecular flexibility index (Phi) is 3.50. The van der Waals surface area contributed by atoms with Gasteiger partial charge in [-0.25, -0.2) is 4.79 Å². The first-order chi connectivity index (χ1) is 6.22. The van der Waals surface area contributed by atoms with Crippen molar-refractivity contribution in [3.63, 3.8) is 0 Å². The molecule has 0 aromatic heterocycles. The van der Waals surface area contributed by atoms with E-state index in [9.17, 15) is 4.79 Å². The summed E-state index contributed by atoms with van der Waals surface area (Å²) >= 11 is 0. The number of carbonyl (C=O) groups is 1. The Bertz CT molecular complexity index is 272. The number of hydrogen-bond acceptors (Lipinski definition) is 2. The number of carbonyl (C=O) groups excluding carboxylic acids is 1. The minimum Gasteiger partial charge on any atom is -0.466 e. The number of rotatable bonds is 2. The van der Waals surface area contributed by atoms with E-state index in [1.807, 2.05) is 18.2 Å². The molecule has 0 aromatic rings. The van der Waals surface area contributed by atoms with Gasteiger partial charge in [-0.05, 0) is 17.9 Å². The van der Waals surface area contributed by atoms with E-state index < -0.39 is 0 Å². The van der Waals surface area contributed by atoms with E-state index in [4.69, 9.17) is 0 Å². The van der Waals surface area contributed by atoms with E-state index in [1.54, 1.807) is 0 Å². The average Bonchev–Trinajstić information content (AvgIpc) is 2.14. The fourth-order valence-electron chi connectivity index (χ4n) is 1.24. The second-order valence-corrected chi connectivity index (χ2v) is 3.16. The first-order valence-electron chi connectivity index (χ1n) is 4.36. The lowest BCUT2D eigenvalue weighted by molar-refractivity contribution is -0.134. The standard InChI is InChI=1S/C11H14O2/c1-9-4-3-5-10(8-9)6-7-11(12)13-2/h3-7,9H,8H2,1-2H3/b7-6+. The molecule has 2 nitrogen and oxygen atoms in total. The van der Waals surface area contributed by atoms with Gasteiger partial charge in [0.15, 0.2) is 0 Å². The van der Waals surface area contributed by atoms with Crippen LogP contribution in [-0.2, 0) is 9.53 Å². The van der Waals surface area contributed by atoms with Crippen molar-refractivity contribution < 1.29 is 9.53 Å². The maximum absolute atomic E-state index is 10.8.